The van der Waals surface area contributed by atoms with Crippen molar-refractivity contribution < 1.29 is 23.5 Å². The highest BCUT2D eigenvalue weighted by atomic mass is 19.1. The summed E-state index contributed by atoms with van der Waals surface area (Å²) in [6.07, 6.45) is -0.983. The number of halogens is 1. The lowest BCUT2D eigenvalue weighted by Crippen LogP contribution is -2.32. The number of hydrogen-bond acceptors (Lipinski definition) is 4. The zero-order chi connectivity index (χ0) is 25.8. The van der Waals surface area contributed by atoms with Crippen molar-refractivity contribution in [2.24, 2.45) is 0 Å². The van der Waals surface area contributed by atoms with Gasteiger partial charge >= 0.3 is 12.1 Å². The van der Waals surface area contributed by atoms with E-state index in [2.05, 4.69) is 10.3 Å². The number of aromatic amines is 1. The topological polar surface area (TPSA) is 80.4 Å². The molecule has 5 aromatic rings. The first-order valence-electron chi connectivity index (χ1n) is 11.6. The summed E-state index contributed by atoms with van der Waals surface area (Å²) in [6, 6.07) is 28.8. The van der Waals surface area contributed by atoms with Crippen LogP contribution >= 0.6 is 0 Å². The minimum atomic E-state index is -0.983. The smallest absolute Gasteiger partial charge is 0.415 e. The molecule has 4 aromatic carbocycles. The summed E-state index contributed by atoms with van der Waals surface area (Å²) in [7, 11) is 1.46. The van der Waals surface area contributed by atoms with Gasteiger partial charge in [-0.1, -0.05) is 66.7 Å². The second kappa shape index (κ2) is 10.4. The highest BCUT2D eigenvalue weighted by Crippen LogP contribution is 2.32. The third-order valence-corrected chi connectivity index (χ3v) is 6.04. The van der Waals surface area contributed by atoms with Crippen molar-refractivity contribution in [2.75, 3.05) is 7.11 Å². The fourth-order valence-corrected chi connectivity index (χ4v) is 4.32. The monoisotopic (exact) mass is 494 g/mol. The fourth-order valence-electron chi connectivity index (χ4n) is 4.32. The molecule has 0 bridgehead atoms. The number of benzene rings is 4. The van der Waals surface area contributed by atoms with Gasteiger partial charge in [0.2, 0.25) is 0 Å². The van der Waals surface area contributed by atoms with Gasteiger partial charge in [-0.15, -0.1) is 0 Å². The molecule has 0 aliphatic heterocycles. The second-order valence-corrected chi connectivity index (χ2v) is 8.36. The molecule has 0 saturated heterocycles. The molecule has 2 N–H and O–H groups in total. The van der Waals surface area contributed by atoms with Gasteiger partial charge in [-0.2, -0.15) is 0 Å². The third kappa shape index (κ3) is 5.06. The predicted octanol–water partition coefficient (Wildman–Crippen LogP) is 6.64. The van der Waals surface area contributed by atoms with Gasteiger partial charge in [-0.05, 0) is 52.9 Å². The normalized spacial score (nSPS) is 11.6. The molecule has 0 radical (unpaired) electrons. The van der Waals surface area contributed by atoms with Crippen molar-refractivity contribution in [3.05, 3.63) is 126 Å². The van der Waals surface area contributed by atoms with E-state index in [1.165, 1.54) is 25.3 Å². The van der Waals surface area contributed by atoms with Crippen LogP contribution < -0.4 is 10.1 Å². The van der Waals surface area contributed by atoms with E-state index in [0.717, 1.165) is 16.5 Å². The summed E-state index contributed by atoms with van der Waals surface area (Å²) in [4.78, 5) is 29.3. The standard InChI is InChI=1S/C30H23FN2O4/c1-36-27-16-15-21(31)18-24(27)28(26-17-20-11-5-8-14-25(20)32-26)33-30(35)37-29(34)23-13-7-6-12-22(23)19-9-3-2-4-10-19/h2-18,28,32H,1H3,(H,33,35). The summed E-state index contributed by atoms with van der Waals surface area (Å²) in [6.45, 7) is 0. The maximum atomic E-state index is 14.3. The van der Waals surface area contributed by atoms with E-state index in [-0.39, 0.29) is 5.56 Å². The van der Waals surface area contributed by atoms with Gasteiger partial charge in [0.25, 0.3) is 0 Å². The minimum Gasteiger partial charge on any atom is -0.496 e. The Kier molecular flexibility index (Phi) is 6.68. The molecule has 1 heterocycles. The average molecular weight is 495 g/mol. The number of hydrogen-bond donors (Lipinski definition) is 2. The molecule has 0 saturated carbocycles. The number of fused-ring (bicyclic) bond motifs is 1. The lowest BCUT2D eigenvalue weighted by atomic mass is 10.00. The van der Waals surface area contributed by atoms with E-state index in [4.69, 9.17) is 9.47 Å². The Hall–Kier alpha value is -4.91. The van der Waals surface area contributed by atoms with Crippen LogP contribution in [0.3, 0.4) is 0 Å². The van der Waals surface area contributed by atoms with Gasteiger partial charge < -0.3 is 19.8 Å². The molecule has 0 aliphatic rings. The van der Waals surface area contributed by atoms with Crippen molar-refractivity contribution in [1.29, 1.82) is 0 Å². The second-order valence-electron chi connectivity index (χ2n) is 8.36. The fraction of sp³-hybridized carbons (Fsp3) is 0.0667. The quantitative estimate of drug-likeness (QED) is 0.205. The number of para-hydroxylation sites is 1. The molecule has 37 heavy (non-hydrogen) atoms. The zero-order valence-electron chi connectivity index (χ0n) is 19.9. The molecule has 184 valence electrons. The van der Waals surface area contributed by atoms with E-state index >= 15 is 0 Å². The molecule has 6 nitrogen and oxygen atoms in total. The third-order valence-electron chi connectivity index (χ3n) is 6.04. The first-order chi connectivity index (χ1) is 18.0. The molecule has 0 aliphatic carbocycles. The molecular weight excluding hydrogens is 471 g/mol. The Balaban J connectivity index is 1.46. The van der Waals surface area contributed by atoms with Crippen LogP contribution in [0.15, 0.2) is 103 Å². The van der Waals surface area contributed by atoms with Crippen molar-refractivity contribution >= 4 is 23.0 Å². The van der Waals surface area contributed by atoms with Crippen LogP contribution in [0.2, 0.25) is 0 Å². The van der Waals surface area contributed by atoms with Crippen molar-refractivity contribution in [3.8, 4) is 16.9 Å². The highest BCUT2D eigenvalue weighted by molar-refractivity contribution is 6.01. The van der Waals surface area contributed by atoms with Gasteiger partial charge in [-0.25, -0.2) is 14.0 Å². The zero-order valence-corrected chi connectivity index (χ0v) is 19.9. The maximum absolute atomic E-state index is 14.3. The maximum Gasteiger partial charge on any atom is 0.415 e. The number of nitrogens with one attached hydrogen (secondary N) is 2. The van der Waals surface area contributed by atoms with E-state index in [1.54, 1.807) is 24.3 Å². The number of methoxy groups -OCH3 is 1. The number of esters is 1. The molecule has 5 rings (SSSR count). The van der Waals surface area contributed by atoms with Gasteiger partial charge in [0.15, 0.2) is 0 Å². The van der Waals surface area contributed by atoms with E-state index < -0.39 is 23.9 Å². The Morgan fingerprint density at radius 2 is 1.59 bits per heavy atom. The Morgan fingerprint density at radius 1 is 0.865 bits per heavy atom. The molecule has 7 heteroatoms. The molecule has 1 aromatic heterocycles. The van der Waals surface area contributed by atoms with Crippen molar-refractivity contribution in [2.45, 2.75) is 6.04 Å². The number of rotatable bonds is 6. The first-order valence-corrected chi connectivity index (χ1v) is 11.6. The van der Waals surface area contributed by atoms with Crippen LogP contribution in [-0.4, -0.2) is 24.2 Å². The number of H-pyrrole nitrogens is 1. The molecule has 0 fully saturated rings. The molecule has 0 spiro atoms. The summed E-state index contributed by atoms with van der Waals surface area (Å²) in [5, 5.41) is 3.62. The van der Waals surface area contributed by atoms with Gasteiger partial charge in [0, 0.05) is 16.8 Å². The largest absolute Gasteiger partial charge is 0.496 e. The number of carbonyl (C=O) groups excluding carboxylic acids is 2. The van der Waals surface area contributed by atoms with Crippen LogP contribution in [-0.2, 0) is 4.74 Å². The summed E-state index contributed by atoms with van der Waals surface area (Å²) in [5.41, 5.74) is 3.47. The Labute approximate surface area is 212 Å². The summed E-state index contributed by atoms with van der Waals surface area (Å²) in [5.74, 6) is -0.940. The van der Waals surface area contributed by atoms with Crippen LogP contribution in [0.25, 0.3) is 22.0 Å². The number of ether oxygens (including phenoxy) is 2. The predicted molar refractivity (Wildman–Crippen MR) is 139 cm³/mol. The van der Waals surface area contributed by atoms with Crippen molar-refractivity contribution in [1.82, 2.24) is 10.3 Å². The van der Waals surface area contributed by atoms with Crippen molar-refractivity contribution in [3.63, 3.8) is 0 Å². The molecule has 1 amide bonds. The van der Waals surface area contributed by atoms with Gasteiger partial charge in [0.05, 0.1) is 12.7 Å². The van der Waals surface area contributed by atoms with E-state index in [9.17, 15) is 14.0 Å². The molecular formula is C30H23FN2O4. The van der Waals surface area contributed by atoms with Crippen LogP contribution in [0.1, 0.15) is 27.7 Å². The Bertz CT molecular complexity index is 1550. The van der Waals surface area contributed by atoms with E-state index in [0.29, 0.717) is 22.6 Å². The molecule has 1 unspecified atom stereocenters. The van der Waals surface area contributed by atoms with Crippen LogP contribution in [0.5, 0.6) is 5.75 Å². The minimum absolute atomic E-state index is 0.245. The first kappa shape index (κ1) is 23.8. The highest BCUT2D eigenvalue weighted by Gasteiger charge is 2.26. The average Bonchev–Trinajstić information content (AvgIpc) is 3.36. The number of aromatic nitrogens is 1. The van der Waals surface area contributed by atoms with Crippen LogP contribution in [0.4, 0.5) is 9.18 Å². The lowest BCUT2D eigenvalue weighted by Gasteiger charge is -2.20. The number of alkyl carbamates (subject to hydrolysis) is 1. The number of carbonyl (C=O) groups is 2. The Morgan fingerprint density at radius 3 is 2.38 bits per heavy atom. The lowest BCUT2D eigenvalue weighted by molar-refractivity contribution is 0.0619. The van der Waals surface area contributed by atoms with Crippen LogP contribution in [0, 0.1) is 5.82 Å². The van der Waals surface area contributed by atoms with Gasteiger partial charge in [0.1, 0.15) is 17.6 Å². The SMILES string of the molecule is COc1ccc(F)cc1C(NC(=O)OC(=O)c1ccccc1-c1ccccc1)c1cc2ccccc2[nH]1. The number of amides is 1. The van der Waals surface area contributed by atoms with Gasteiger partial charge in [-0.3, -0.25) is 0 Å². The molecule has 1 atom stereocenters. The summed E-state index contributed by atoms with van der Waals surface area (Å²) >= 11 is 0. The summed E-state index contributed by atoms with van der Waals surface area (Å²) < 4.78 is 24.9. The van der Waals surface area contributed by atoms with E-state index in [1.807, 2.05) is 60.7 Å².